The molecule has 3 fully saturated rings. The van der Waals surface area contributed by atoms with Crippen LogP contribution in [0, 0.1) is 35.5 Å². The molecule has 0 unspecified atom stereocenters. The maximum atomic E-state index is 12.9. The third kappa shape index (κ3) is 1.80. The van der Waals surface area contributed by atoms with Gasteiger partial charge in [-0.2, -0.15) is 10.1 Å². The minimum atomic E-state index is -0.245. The lowest BCUT2D eigenvalue weighted by Gasteiger charge is -2.37. The number of allylic oxidation sites excluding steroid dienone is 2. The number of hydrogen-bond acceptors (Lipinski definition) is 5. The van der Waals surface area contributed by atoms with Crippen LogP contribution in [0.5, 0.6) is 11.5 Å². The average Bonchev–Trinajstić information content (AvgIpc) is 3.29. The number of benzene rings is 1. The van der Waals surface area contributed by atoms with E-state index in [1.807, 2.05) is 0 Å². The van der Waals surface area contributed by atoms with E-state index < -0.39 is 0 Å². The average molecular weight is 371 g/mol. The van der Waals surface area contributed by atoms with E-state index in [4.69, 9.17) is 21.1 Å². The number of carbonyl (C=O) groups is 2. The number of hydrazone groups is 1. The number of hydrogen-bond donors (Lipinski definition) is 0. The molecule has 0 spiro atoms. The maximum Gasteiger partial charge on any atom is 0.254 e. The topological polar surface area (TPSA) is 68.2 Å². The fraction of sp³-hybridized carbons (Fsp3) is 0.421. The standard InChI is InChI=1S/C19H15ClN2O4/c20-13-5-15-14(25-7-26-15)3-8(13)6-21-22-18(23)16-9-1-2-10(12-4-11(9)12)17(16)19(22)24/h1-3,5-6,9-12,16-17H,4,7H2/t9-,10-,11-,12+,16+,17+/m0/s1. The number of fused-ring (bicyclic) bond motifs is 1. The molecule has 2 heterocycles. The number of halogens is 1. The van der Waals surface area contributed by atoms with Gasteiger partial charge in [-0.05, 0) is 36.2 Å². The second-order valence-corrected chi connectivity index (χ2v) is 8.02. The van der Waals surface area contributed by atoms with E-state index in [2.05, 4.69) is 17.3 Å². The van der Waals surface area contributed by atoms with Crippen LogP contribution in [0.15, 0.2) is 29.4 Å². The normalized spacial score (nSPS) is 38.3. The zero-order chi connectivity index (χ0) is 17.6. The minimum absolute atomic E-state index is 0.150. The van der Waals surface area contributed by atoms with Crippen LogP contribution in [0.1, 0.15) is 12.0 Å². The van der Waals surface area contributed by atoms with Crippen LogP contribution in [-0.4, -0.2) is 29.8 Å². The molecule has 1 aromatic rings. The highest BCUT2D eigenvalue weighted by molar-refractivity contribution is 6.33. The summed E-state index contributed by atoms with van der Waals surface area (Å²) in [4.78, 5) is 25.8. The van der Waals surface area contributed by atoms with Crippen molar-refractivity contribution in [3.63, 3.8) is 0 Å². The molecule has 1 saturated heterocycles. The van der Waals surface area contributed by atoms with Gasteiger partial charge in [0.15, 0.2) is 11.5 Å². The first-order valence-corrected chi connectivity index (χ1v) is 9.20. The van der Waals surface area contributed by atoms with Gasteiger partial charge in [-0.25, -0.2) is 0 Å². The van der Waals surface area contributed by atoms with Crippen molar-refractivity contribution in [2.45, 2.75) is 6.42 Å². The Hall–Kier alpha value is -2.34. The van der Waals surface area contributed by atoms with Gasteiger partial charge in [-0.1, -0.05) is 23.8 Å². The summed E-state index contributed by atoms with van der Waals surface area (Å²) in [5.74, 6) is 1.85. The fourth-order valence-electron chi connectivity index (χ4n) is 5.21. The van der Waals surface area contributed by atoms with Crippen molar-refractivity contribution in [2.75, 3.05) is 6.79 Å². The molecule has 0 N–H and O–H groups in total. The van der Waals surface area contributed by atoms with Gasteiger partial charge >= 0.3 is 0 Å². The number of carbonyl (C=O) groups excluding carboxylic acids is 2. The molecule has 6 aliphatic rings. The van der Waals surface area contributed by atoms with Crippen molar-refractivity contribution in [3.8, 4) is 11.5 Å². The van der Waals surface area contributed by atoms with Crippen LogP contribution in [-0.2, 0) is 9.59 Å². The Bertz CT molecular complexity index is 890. The van der Waals surface area contributed by atoms with Crippen LogP contribution in [0.2, 0.25) is 5.02 Å². The summed E-state index contributed by atoms with van der Waals surface area (Å²) in [5.41, 5.74) is 0.579. The van der Waals surface area contributed by atoms with Gasteiger partial charge in [-0.3, -0.25) is 9.59 Å². The number of ether oxygens (including phenoxy) is 2. The summed E-state index contributed by atoms with van der Waals surface area (Å²) in [6, 6.07) is 3.35. The zero-order valence-electron chi connectivity index (χ0n) is 13.7. The number of imide groups is 1. The van der Waals surface area contributed by atoms with Crippen molar-refractivity contribution in [1.82, 2.24) is 5.01 Å². The van der Waals surface area contributed by atoms with Crippen molar-refractivity contribution in [3.05, 3.63) is 34.9 Å². The highest BCUT2D eigenvalue weighted by Gasteiger charge is 2.67. The largest absolute Gasteiger partial charge is 0.454 e. The number of nitrogens with zero attached hydrogens (tertiary/aromatic N) is 2. The number of amides is 2. The molecule has 1 aromatic carbocycles. The monoisotopic (exact) mass is 370 g/mol. The van der Waals surface area contributed by atoms with Crippen molar-refractivity contribution in [1.29, 1.82) is 0 Å². The molecule has 0 aromatic heterocycles. The van der Waals surface area contributed by atoms with Crippen LogP contribution in [0.25, 0.3) is 0 Å². The van der Waals surface area contributed by atoms with Gasteiger partial charge in [0.2, 0.25) is 6.79 Å². The SMILES string of the molecule is O=C1[C@@H]2[C@H]3C=C[C@@H]([C@@H]4C[C@H]34)[C@H]2C(=O)N1N=Cc1cc2c(cc1Cl)OCO2. The van der Waals surface area contributed by atoms with E-state index >= 15 is 0 Å². The zero-order valence-corrected chi connectivity index (χ0v) is 14.4. The molecular weight excluding hydrogens is 356 g/mol. The molecule has 6 atom stereocenters. The Morgan fingerprint density at radius 1 is 1.04 bits per heavy atom. The van der Waals surface area contributed by atoms with Gasteiger partial charge in [0.25, 0.3) is 11.8 Å². The van der Waals surface area contributed by atoms with E-state index in [0.717, 1.165) is 11.4 Å². The van der Waals surface area contributed by atoms with Crippen molar-refractivity contribution in [2.24, 2.45) is 40.6 Å². The molecule has 2 amide bonds. The van der Waals surface area contributed by atoms with Crippen LogP contribution in [0.4, 0.5) is 0 Å². The lowest BCUT2D eigenvalue weighted by molar-refractivity contribution is -0.140. The van der Waals surface area contributed by atoms with Gasteiger partial charge in [0, 0.05) is 11.6 Å². The van der Waals surface area contributed by atoms with Gasteiger partial charge in [0.1, 0.15) is 0 Å². The Morgan fingerprint density at radius 3 is 2.31 bits per heavy atom. The predicted molar refractivity (Wildman–Crippen MR) is 91.7 cm³/mol. The third-order valence-electron chi connectivity index (χ3n) is 6.44. The molecule has 0 radical (unpaired) electrons. The Labute approximate surface area is 154 Å². The summed E-state index contributed by atoms with van der Waals surface area (Å²) in [6.07, 6.45) is 6.89. The molecule has 26 heavy (non-hydrogen) atoms. The van der Waals surface area contributed by atoms with Gasteiger partial charge < -0.3 is 9.47 Å². The quantitative estimate of drug-likeness (QED) is 0.455. The molecule has 4 aliphatic carbocycles. The van der Waals surface area contributed by atoms with E-state index in [9.17, 15) is 9.59 Å². The molecule has 7 heteroatoms. The first-order chi connectivity index (χ1) is 12.6. The van der Waals surface area contributed by atoms with Crippen LogP contribution < -0.4 is 9.47 Å². The first-order valence-electron chi connectivity index (χ1n) is 8.83. The summed E-state index contributed by atoms with van der Waals surface area (Å²) in [7, 11) is 0. The van der Waals surface area contributed by atoms with Gasteiger partial charge in [-0.15, -0.1) is 0 Å². The molecule has 132 valence electrons. The Kier molecular flexibility index (Phi) is 2.78. The van der Waals surface area contributed by atoms with E-state index in [0.29, 0.717) is 33.9 Å². The second-order valence-electron chi connectivity index (χ2n) is 7.61. The smallest absolute Gasteiger partial charge is 0.254 e. The van der Waals surface area contributed by atoms with Crippen LogP contribution >= 0.6 is 11.6 Å². The molecule has 6 nitrogen and oxygen atoms in total. The third-order valence-corrected chi connectivity index (χ3v) is 6.77. The number of rotatable bonds is 2. The molecular formula is C19H15ClN2O4. The van der Waals surface area contributed by atoms with E-state index in [-0.39, 0.29) is 42.3 Å². The highest BCUT2D eigenvalue weighted by Crippen LogP contribution is 2.65. The van der Waals surface area contributed by atoms with Crippen molar-refractivity contribution < 1.29 is 19.1 Å². The molecule has 7 rings (SSSR count). The Balaban J connectivity index is 1.32. The highest BCUT2D eigenvalue weighted by atomic mass is 35.5. The lowest BCUT2D eigenvalue weighted by Crippen LogP contribution is -2.40. The molecule has 2 bridgehead atoms. The fourth-order valence-corrected chi connectivity index (χ4v) is 5.41. The first kappa shape index (κ1) is 14.8. The summed E-state index contributed by atoms with van der Waals surface area (Å²) in [6.45, 7) is 0.150. The van der Waals surface area contributed by atoms with E-state index in [1.165, 1.54) is 6.21 Å². The molecule has 2 saturated carbocycles. The summed E-state index contributed by atoms with van der Waals surface area (Å²) >= 11 is 6.24. The second kappa shape index (κ2) is 4.88. The van der Waals surface area contributed by atoms with Gasteiger partial charge in [0.05, 0.1) is 23.1 Å². The maximum absolute atomic E-state index is 12.9. The van der Waals surface area contributed by atoms with Crippen molar-refractivity contribution >= 4 is 29.6 Å². The molecule has 2 aliphatic heterocycles. The van der Waals surface area contributed by atoms with Crippen LogP contribution in [0.3, 0.4) is 0 Å². The minimum Gasteiger partial charge on any atom is -0.454 e. The predicted octanol–water partition coefficient (Wildman–Crippen LogP) is 2.46. The summed E-state index contributed by atoms with van der Waals surface area (Å²) in [5, 5.41) is 5.68. The summed E-state index contributed by atoms with van der Waals surface area (Å²) < 4.78 is 10.6. The van der Waals surface area contributed by atoms with E-state index in [1.54, 1.807) is 12.1 Å². The lowest BCUT2D eigenvalue weighted by atomic mass is 9.63. The Morgan fingerprint density at radius 2 is 1.65 bits per heavy atom.